The summed E-state index contributed by atoms with van der Waals surface area (Å²) < 4.78 is 0. The molecule has 1 saturated heterocycles. The molecule has 0 bridgehead atoms. The van der Waals surface area contributed by atoms with Gasteiger partial charge in [0.1, 0.15) is 11.6 Å². The Kier molecular flexibility index (Phi) is 7.02. The van der Waals surface area contributed by atoms with Crippen molar-refractivity contribution in [3.63, 3.8) is 0 Å². The van der Waals surface area contributed by atoms with Gasteiger partial charge < -0.3 is 20.6 Å². The summed E-state index contributed by atoms with van der Waals surface area (Å²) in [5, 5.41) is 15.8. The van der Waals surface area contributed by atoms with E-state index in [1.165, 1.54) is 5.56 Å². The average Bonchev–Trinajstić information content (AvgIpc) is 3.35. The number of hydrogen-bond donors (Lipinski definition) is 3. The van der Waals surface area contributed by atoms with Crippen LogP contribution in [0.2, 0.25) is 0 Å². The molecule has 1 aliphatic rings. The molecule has 4 rings (SSSR count). The fourth-order valence-electron chi connectivity index (χ4n) is 4.23. The van der Waals surface area contributed by atoms with Crippen LogP contribution in [-0.2, 0) is 6.42 Å². The Morgan fingerprint density at radius 2 is 1.84 bits per heavy atom. The maximum Gasteiger partial charge on any atom is 0.251 e. The van der Waals surface area contributed by atoms with Gasteiger partial charge in [0.15, 0.2) is 0 Å². The predicted octanol–water partition coefficient (Wildman–Crippen LogP) is 3.45. The van der Waals surface area contributed by atoms with Gasteiger partial charge in [-0.3, -0.25) is 4.79 Å². The zero-order valence-corrected chi connectivity index (χ0v) is 18.4. The smallest absolute Gasteiger partial charge is 0.251 e. The molecular formula is C26H30N4O2. The molecule has 1 aromatic heterocycles. The lowest BCUT2D eigenvalue weighted by atomic mass is 9.99. The van der Waals surface area contributed by atoms with Gasteiger partial charge >= 0.3 is 0 Å². The first-order chi connectivity index (χ1) is 15.7. The van der Waals surface area contributed by atoms with Gasteiger partial charge in [0.2, 0.25) is 0 Å². The summed E-state index contributed by atoms with van der Waals surface area (Å²) in [5.74, 6) is 1.69. The molecule has 3 aromatic rings. The first-order valence-corrected chi connectivity index (χ1v) is 11.1. The van der Waals surface area contributed by atoms with E-state index in [0.29, 0.717) is 23.7 Å². The number of aliphatic hydroxyl groups is 1. The van der Waals surface area contributed by atoms with E-state index in [-0.39, 0.29) is 18.6 Å². The second kappa shape index (κ2) is 10.3. The molecule has 166 valence electrons. The summed E-state index contributed by atoms with van der Waals surface area (Å²) in [5.41, 5.74) is 2.95. The molecule has 2 atom stereocenters. The van der Waals surface area contributed by atoms with E-state index in [9.17, 15) is 9.90 Å². The van der Waals surface area contributed by atoms with Crippen LogP contribution in [0.4, 0.5) is 11.6 Å². The van der Waals surface area contributed by atoms with Crippen molar-refractivity contribution in [1.82, 2.24) is 10.3 Å². The lowest BCUT2D eigenvalue weighted by Crippen LogP contribution is -2.39. The van der Waals surface area contributed by atoms with Crippen LogP contribution in [0.15, 0.2) is 72.8 Å². The normalized spacial score (nSPS) is 16.6. The zero-order chi connectivity index (χ0) is 22.3. The number of aromatic nitrogens is 1. The molecule has 1 aliphatic heterocycles. The first kappa shape index (κ1) is 21.8. The molecule has 1 amide bonds. The van der Waals surface area contributed by atoms with E-state index in [1.54, 1.807) is 13.1 Å². The third-order valence-electron chi connectivity index (χ3n) is 5.99. The number of carbonyl (C=O) groups excluding carboxylic acids is 1. The van der Waals surface area contributed by atoms with Crippen LogP contribution in [0, 0.1) is 0 Å². The quantitative estimate of drug-likeness (QED) is 0.510. The maximum absolute atomic E-state index is 13.0. The number of nitrogens with one attached hydrogen (secondary N) is 2. The molecule has 2 unspecified atom stereocenters. The van der Waals surface area contributed by atoms with Crippen LogP contribution in [0.5, 0.6) is 0 Å². The summed E-state index contributed by atoms with van der Waals surface area (Å²) in [6.45, 7) is 1.65. The maximum atomic E-state index is 13.0. The number of pyridine rings is 1. The van der Waals surface area contributed by atoms with Crippen molar-refractivity contribution in [2.75, 3.05) is 37.0 Å². The molecule has 2 heterocycles. The fraction of sp³-hybridized carbons (Fsp3) is 0.308. The van der Waals surface area contributed by atoms with Crippen molar-refractivity contribution in [3.8, 4) is 0 Å². The second-order valence-electron chi connectivity index (χ2n) is 8.23. The van der Waals surface area contributed by atoms with Crippen molar-refractivity contribution in [1.29, 1.82) is 0 Å². The van der Waals surface area contributed by atoms with Gasteiger partial charge in [0.05, 0.1) is 12.6 Å². The standard InChI is InChI=1S/C26H30N4O2/c1-27-24-15-22(26(32)28-23(18-31)14-19-8-4-2-5-9-19)16-25(29-24)30-13-12-21(17-30)20-10-6-3-7-11-20/h2-11,15-16,21,23,31H,12-14,17-18H2,1H3,(H,27,29)(H,28,32). The molecular weight excluding hydrogens is 400 g/mol. The Hall–Kier alpha value is -3.38. The molecule has 0 radical (unpaired) electrons. The molecule has 0 spiro atoms. The lowest BCUT2D eigenvalue weighted by Gasteiger charge is -2.21. The number of amides is 1. The van der Waals surface area contributed by atoms with Crippen molar-refractivity contribution in [2.24, 2.45) is 0 Å². The van der Waals surface area contributed by atoms with E-state index < -0.39 is 0 Å². The summed E-state index contributed by atoms with van der Waals surface area (Å²) in [6.07, 6.45) is 1.63. The summed E-state index contributed by atoms with van der Waals surface area (Å²) in [4.78, 5) is 20.0. The number of anilines is 2. The first-order valence-electron chi connectivity index (χ1n) is 11.1. The van der Waals surface area contributed by atoms with Gasteiger partial charge in [-0.15, -0.1) is 0 Å². The number of carbonyl (C=O) groups is 1. The van der Waals surface area contributed by atoms with Crippen LogP contribution in [0.3, 0.4) is 0 Å². The van der Waals surface area contributed by atoms with Crippen LogP contribution in [0.25, 0.3) is 0 Å². The molecule has 0 saturated carbocycles. The van der Waals surface area contributed by atoms with Crippen molar-refractivity contribution in [2.45, 2.75) is 24.8 Å². The molecule has 3 N–H and O–H groups in total. The monoisotopic (exact) mass is 430 g/mol. The minimum absolute atomic E-state index is 0.123. The van der Waals surface area contributed by atoms with Gasteiger partial charge in [0, 0.05) is 31.6 Å². The van der Waals surface area contributed by atoms with Gasteiger partial charge in [-0.2, -0.15) is 0 Å². The third kappa shape index (κ3) is 5.26. The molecule has 2 aromatic carbocycles. The zero-order valence-electron chi connectivity index (χ0n) is 18.4. The highest BCUT2D eigenvalue weighted by molar-refractivity contribution is 5.96. The van der Waals surface area contributed by atoms with Crippen molar-refractivity contribution in [3.05, 3.63) is 89.5 Å². The van der Waals surface area contributed by atoms with Crippen molar-refractivity contribution >= 4 is 17.5 Å². The van der Waals surface area contributed by atoms with E-state index in [0.717, 1.165) is 30.9 Å². The molecule has 1 fully saturated rings. The SMILES string of the molecule is CNc1cc(C(=O)NC(CO)Cc2ccccc2)cc(N2CCC(c3ccccc3)C2)n1. The van der Waals surface area contributed by atoms with Crippen LogP contribution in [0.1, 0.15) is 33.8 Å². The minimum Gasteiger partial charge on any atom is -0.394 e. The molecule has 6 heteroatoms. The second-order valence-corrected chi connectivity index (χ2v) is 8.23. The Labute approximate surface area is 189 Å². The minimum atomic E-state index is -0.353. The number of benzene rings is 2. The third-order valence-corrected chi connectivity index (χ3v) is 5.99. The summed E-state index contributed by atoms with van der Waals surface area (Å²) in [7, 11) is 1.80. The van der Waals surface area contributed by atoms with E-state index in [1.807, 2.05) is 42.5 Å². The highest BCUT2D eigenvalue weighted by Gasteiger charge is 2.26. The molecule has 0 aliphatic carbocycles. The largest absolute Gasteiger partial charge is 0.394 e. The van der Waals surface area contributed by atoms with Crippen LogP contribution >= 0.6 is 0 Å². The van der Waals surface area contributed by atoms with Gasteiger partial charge in [0.25, 0.3) is 5.91 Å². The highest BCUT2D eigenvalue weighted by atomic mass is 16.3. The number of nitrogens with zero attached hydrogens (tertiary/aromatic N) is 2. The average molecular weight is 431 g/mol. The van der Waals surface area contributed by atoms with Crippen LogP contribution in [-0.4, -0.2) is 48.8 Å². The topological polar surface area (TPSA) is 77.5 Å². The van der Waals surface area contributed by atoms with Gasteiger partial charge in [-0.1, -0.05) is 60.7 Å². The summed E-state index contributed by atoms with van der Waals surface area (Å²) >= 11 is 0. The Morgan fingerprint density at radius 1 is 1.12 bits per heavy atom. The van der Waals surface area contributed by atoms with Crippen molar-refractivity contribution < 1.29 is 9.90 Å². The molecule has 6 nitrogen and oxygen atoms in total. The number of rotatable bonds is 8. The lowest BCUT2D eigenvalue weighted by molar-refractivity contribution is 0.0916. The predicted molar refractivity (Wildman–Crippen MR) is 128 cm³/mol. The van der Waals surface area contributed by atoms with E-state index >= 15 is 0 Å². The highest BCUT2D eigenvalue weighted by Crippen LogP contribution is 2.31. The van der Waals surface area contributed by atoms with Gasteiger partial charge in [-0.05, 0) is 36.1 Å². The van der Waals surface area contributed by atoms with Crippen LogP contribution < -0.4 is 15.5 Å². The number of hydrogen-bond acceptors (Lipinski definition) is 5. The Morgan fingerprint density at radius 3 is 2.53 bits per heavy atom. The van der Waals surface area contributed by atoms with E-state index in [4.69, 9.17) is 4.98 Å². The Balaban J connectivity index is 1.48. The van der Waals surface area contributed by atoms with E-state index in [2.05, 4.69) is 39.8 Å². The number of aliphatic hydroxyl groups excluding tert-OH is 1. The fourth-order valence-corrected chi connectivity index (χ4v) is 4.23. The van der Waals surface area contributed by atoms with Gasteiger partial charge in [-0.25, -0.2) is 4.98 Å². The Bertz CT molecular complexity index is 1030. The molecule has 32 heavy (non-hydrogen) atoms. The summed E-state index contributed by atoms with van der Waals surface area (Å²) in [6, 6.07) is 23.6.